The summed E-state index contributed by atoms with van der Waals surface area (Å²) >= 11 is 0. The van der Waals surface area contributed by atoms with Crippen LogP contribution in [0.1, 0.15) is 45.5 Å². The molecule has 0 bridgehead atoms. The molecular weight excluding hydrogens is 230 g/mol. The van der Waals surface area contributed by atoms with Gasteiger partial charge in [-0.2, -0.15) is 4.98 Å². The summed E-state index contributed by atoms with van der Waals surface area (Å²) in [7, 11) is 0. The van der Waals surface area contributed by atoms with Gasteiger partial charge in [0, 0.05) is 13.2 Å². The highest BCUT2D eigenvalue weighted by atomic mass is 16.5. The normalized spacial score (nSPS) is 13.6. The Morgan fingerprint density at radius 2 is 2.22 bits per heavy atom. The Hall–Kier alpha value is -1.20. The maximum Gasteiger partial charge on any atom is 0.240 e. The van der Waals surface area contributed by atoms with E-state index in [1.807, 2.05) is 6.92 Å². The molecule has 0 aliphatic carbocycles. The van der Waals surface area contributed by atoms with E-state index in [2.05, 4.69) is 42.8 Å². The smallest absolute Gasteiger partial charge is 0.240 e. The monoisotopic (exact) mass is 253 g/mol. The summed E-state index contributed by atoms with van der Waals surface area (Å²) in [6, 6.07) is 0. The number of nitrogens with zero attached hydrogens (tertiary/aromatic N) is 2. The summed E-state index contributed by atoms with van der Waals surface area (Å²) in [4.78, 5) is 4.37. The van der Waals surface area contributed by atoms with Crippen molar-refractivity contribution in [2.75, 3.05) is 13.2 Å². The molecule has 1 atom stereocenters. The van der Waals surface area contributed by atoms with Crippen LogP contribution in [0.2, 0.25) is 0 Å². The van der Waals surface area contributed by atoms with E-state index in [1.165, 1.54) is 0 Å². The van der Waals surface area contributed by atoms with Crippen molar-refractivity contribution in [3.8, 4) is 0 Å². The molecule has 1 aromatic heterocycles. The highest BCUT2D eigenvalue weighted by molar-refractivity contribution is 4.96. The minimum absolute atomic E-state index is 0.0638. The molecule has 0 saturated heterocycles. The van der Waals surface area contributed by atoms with Crippen LogP contribution in [0.4, 0.5) is 0 Å². The zero-order valence-electron chi connectivity index (χ0n) is 11.7. The van der Waals surface area contributed by atoms with Crippen molar-refractivity contribution in [1.82, 2.24) is 15.5 Å². The van der Waals surface area contributed by atoms with Crippen LogP contribution in [-0.4, -0.2) is 23.3 Å². The van der Waals surface area contributed by atoms with Crippen molar-refractivity contribution in [2.45, 2.75) is 40.3 Å². The van der Waals surface area contributed by atoms with Gasteiger partial charge in [-0.1, -0.05) is 32.0 Å². The first-order valence-corrected chi connectivity index (χ1v) is 6.24. The van der Waals surface area contributed by atoms with Crippen LogP contribution >= 0.6 is 0 Å². The average Bonchev–Trinajstić information content (AvgIpc) is 2.73. The van der Waals surface area contributed by atoms with Crippen molar-refractivity contribution >= 4 is 0 Å². The Labute approximate surface area is 109 Å². The largest absolute Gasteiger partial charge is 0.370 e. The first-order chi connectivity index (χ1) is 8.49. The predicted octanol–water partition coefficient (Wildman–Crippen LogP) is 2.47. The van der Waals surface area contributed by atoms with Crippen LogP contribution in [0.15, 0.2) is 17.2 Å². The second kappa shape index (κ2) is 6.66. The molecule has 1 heterocycles. The summed E-state index contributed by atoms with van der Waals surface area (Å²) in [5.41, 5.74) is -0.0638. The van der Waals surface area contributed by atoms with Gasteiger partial charge >= 0.3 is 0 Å². The van der Waals surface area contributed by atoms with Crippen molar-refractivity contribution < 1.29 is 9.26 Å². The summed E-state index contributed by atoms with van der Waals surface area (Å²) < 4.78 is 10.9. The zero-order valence-corrected chi connectivity index (χ0v) is 11.7. The molecule has 0 aromatic carbocycles. The van der Waals surface area contributed by atoms with Crippen LogP contribution in [0, 0.1) is 5.41 Å². The molecule has 1 rings (SSSR count). The van der Waals surface area contributed by atoms with Crippen molar-refractivity contribution in [3.63, 3.8) is 0 Å². The number of nitrogens with one attached hydrogen (secondary N) is 1. The molecule has 102 valence electrons. The second-order valence-electron chi connectivity index (χ2n) is 5.17. The predicted molar refractivity (Wildman–Crippen MR) is 70.0 cm³/mol. The van der Waals surface area contributed by atoms with E-state index in [0.717, 1.165) is 0 Å². The van der Waals surface area contributed by atoms with Gasteiger partial charge in [0.2, 0.25) is 11.7 Å². The van der Waals surface area contributed by atoms with Gasteiger partial charge in [0.1, 0.15) is 6.10 Å². The van der Waals surface area contributed by atoms with Crippen LogP contribution in [0.25, 0.3) is 0 Å². The second-order valence-corrected chi connectivity index (χ2v) is 5.17. The Kier molecular flexibility index (Phi) is 5.50. The lowest BCUT2D eigenvalue weighted by molar-refractivity contribution is -0.0203. The number of hydrogen-bond acceptors (Lipinski definition) is 5. The first-order valence-electron chi connectivity index (χ1n) is 6.24. The maximum atomic E-state index is 5.71. The number of hydrogen-bond donors (Lipinski definition) is 1. The minimum Gasteiger partial charge on any atom is -0.370 e. The third-order valence-corrected chi connectivity index (χ3v) is 2.40. The van der Waals surface area contributed by atoms with Gasteiger partial charge < -0.3 is 14.6 Å². The Morgan fingerprint density at radius 1 is 1.50 bits per heavy atom. The van der Waals surface area contributed by atoms with Crippen molar-refractivity contribution in [2.24, 2.45) is 5.41 Å². The molecule has 0 radical (unpaired) electrons. The molecular formula is C13H23N3O2. The molecule has 1 N–H and O–H groups in total. The first kappa shape index (κ1) is 14.9. The standard InChI is InChI=1S/C13H23N3O2/c1-6-8-14-9-10-15-12(16-18-10)11(17-7-2)13(3,4)5/h6,11,14H,1,7-9H2,2-5H3. The van der Waals surface area contributed by atoms with E-state index in [0.29, 0.717) is 31.4 Å². The molecule has 0 saturated carbocycles. The van der Waals surface area contributed by atoms with Gasteiger partial charge in [-0.05, 0) is 12.3 Å². The molecule has 0 spiro atoms. The topological polar surface area (TPSA) is 60.2 Å². The van der Waals surface area contributed by atoms with Gasteiger partial charge in [0.25, 0.3) is 0 Å². The Morgan fingerprint density at radius 3 is 2.78 bits per heavy atom. The van der Waals surface area contributed by atoms with E-state index in [-0.39, 0.29) is 11.5 Å². The number of aromatic nitrogens is 2. The van der Waals surface area contributed by atoms with Gasteiger partial charge in [0.05, 0.1) is 6.54 Å². The van der Waals surface area contributed by atoms with E-state index >= 15 is 0 Å². The fraction of sp³-hybridized carbons (Fsp3) is 0.692. The Bertz CT molecular complexity index is 369. The highest BCUT2D eigenvalue weighted by Crippen LogP contribution is 2.34. The zero-order chi connectivity index (χ0) is 13.6. The van der Waals surface area contributed by atoms with Gasteiger partial charge in [-0.15, -0.1) is 6.58 Å². The summed E-state index contributed by atoms with van der Waals surface area (Å²) in [5.74, 6) is 1.18. The van der Waals surface area contributed by atoms with Crippen molar-refractivity contribution in [3.05, 3.63) is 24.4 Å². The lowest BCUT2D eigenvalue weighted by atomic mass is 9.88. The average molecular weight is 253 g/mol. The van der Waals surface area contributed by atoms with Gasteiger partial charge in [0.15, 0.2) is 0 Å². The van der Waals surface area contributed by atoms with E-state index in [9.17, 15) is 0 Å². The summed E-state index contributed by atoms with van der Waals surface area (Å²) in [6.45, 7) is 13.8. The molecule has 5 nitrogen and oxygen atoms in total. The quantitative estimate of drug-likeness (QED) is 0.597. The van der Waals surface area contributed by atoms with Crippen LogP contribution in [0.3, 0.4) is 0 Å². The SMILES string of the molecule is C=CCNCc1nc(C(OCC)C(C)(C)C)no1. The van der Waals surface area contributed by atoms with Crippen LogP contribution in [-0.2, 0) is 11.3 Å². The molecule has 18 heavy (non-hydrogen) atoms. The van der Waals surface area contributed by atoms with Crippen molar-refractivity contribution in [1.29, 1.82) is 0 Å². The van der Waals surface area contributed by atoms with Crippen LogP contribution in [0.5, 0.6) is 0 Å². The molecule has 5 heteroatoms. The molecule has 0 aliphatic rings. The lowest BCUT2D eigenvalue weighted by Gasteiger charge is -2.27. The third-order valence-electron chi connectivity index (χ3n) is 2.40. The van der Waals surface area contributed by atoms with Gasteiger partial charge in [-0.3, -0.25) is 0 Å². The number of ether oxygens (including phenoxy) is 1. The highest BCUT2D eigenvalue weighted by Gasteiger charge is 2.31. The molecule has 1 aromatic rings. The molecule has 1 unspecified atom stereocenters. The molecule has 0 aliphatic heterocycles. The fourth-order valence-corrected chi connectivity index (χ4v) is 1.61. The summed E-state index contributed by atoms with van der Waals surface area (Å²) in [5, 5.41) is 7.12. The summed E-state index contributed by atoms with van der Waals surface area (Å²) in [6.07, 6.45) is 1.63. The fourth-order valence-electron chi connectivity index (χ4n) is 1.61. The Balaban J connectivity index is 2.71. The number of rotatable bonds is 7. The van der Waals surface area contributed by atoms with E-state index in [4.69, 9.17) is 9.26 Å². The van der Waals surface area contributed by atoms with E-state index in [1.54, 1.807) is 6.08 Å². The molecule has 0 fully saturated rings. The molecule has 0 amide bonds. The third kappa shape index (κ3) is 4.23. The lowest BCUT2D eigenvalue weighted by Crippen LogP contribution is -2.22. The minimum atomic E-state index is -0.153. The van der Waals surface area contributed by atoms with Crippen LogP contribution < -0.4 is 5.32 Å². The van der Waals surface area contributed by atoms with E-state index < -0.39 is 0 Å². The van der Waals surface area contributed by atoms with Gasteiger partial charge in [-0.25, -0.2) is 0 Å². The maximum absolute atomic E-state index is 5.71.